The van der Waals surface area contributed by atoms with E-state index in [1.165, 1.54) is 0 Å². The summed E-state index contributed by atoms with van der Waals surface area (Å²) in [6.45, 7) is 6.47. The quantitative estimate of drug-likeness (QED) is 0.449. The number of hydrogen-bond acceptors (Lipinski definition) is 7. The average Bonchev–Trinajstić information content (AvgIpc) is 3.52. The SMILES string of the molecule is Cc1cnn(C)c1-c1csc2c(N3CCOC[C@H]3C)nc(-c3ccnc4[nH]ccc34)nc12. The molecule has 9 heteroatoms. The Hall–Kier alpha value is -3.30. The highest BCUT2D eigenvalue weighted by Gasteiger charge is 2.26. The minimum atomic E-state index is 0.239. The first kappa shape index (κ1) is 19.4. The lowest BCUT2D eigenvalue weighted by Crippen LogP contribution is -2.44. The minimum Gasteiger partial charge on any atom is -0.377 e. The third-order valence-corrected chi connectivity index (χ3v) is 7.08. The molecule has 0 unspecified atom stereocenters. The number of pyridine rings is 1. The number of nitrogens with one attached hydrogen (secondary N) is 1. The van der Waals surface area contributed by atoms with E-state index in [4.69, 9.17) is 14.7 Å². The molecule has 0 bridgehead atoms. The number of fused-ring (bicyclic) bond motifs is 2. The fourth-order valence-corrected chi connectivity index (χ4v) is 5.51. The Morgan fingerprint density at radius 1 is 1.22 bits per heavy atom. The van der Waals surface area contributed by atoms with Gasteiger partial charge in [-0.1, -0.05) is 0 Å². The Morgan fingerprint density at radius 2 is 2.12 bits per heavy atom. The van der Waals surface area contributed by atoms with Gasteiger partial charge in [0.2, 0.25) is 0 Å². The van der Waals surface area contributed by atoms with Crippen molar-refractivity contribution in [2.75, 3.05) is 24.7 Å². The Morgan fingerprint density at radius 3 is 2.94 bits per heavy atom. The topological polar surface area (TPSA) is 84.8 Å². The van der Waals surface area contributed by atoms with Gasteiger partial charge in [-0.05, 0) is 31.5 Å². The molecule has 0 spiro atoms. The predicted octanol–water partition coefficient (Wildman–Crippen LogP) is 4.17. The van der Waals surface area contributed by atoms with Crippen molar-refractivity contribution in [2.45, 2.75) is 19.9 Å². The van der Waals surface area contributed by atoms with Crippen LogP contribution >= 0.6 is 11.3 Å². The number of nitrogens with zero attached hydrogens (tertiary/aromatic N) is 6. The van der Waals surface area contributed by atoms with Crippen LogP contribution in [0.2, 0.25) is 0 Å². The molecule has 0 radical (unpaired) electrons. The molecule has 6 heterocycles. The first-order valence-corrected chi connectivity index (χ1v) is 11.5. The highest BCUT2D eigenvalue weighted by atomic mass is 32.1. The standard InChI is InChI=1S/C23H23N7OS/c1-13-10-26-29(3)19(13)17-12-32-20-18(17)27-22(16-5-7-25-21-15(16)4-6-24-21)28-23(20)30-8-9-31-11-14(30)2/h4-7,10,12,14H,8-9,11H2,1-3H3,(H,24,25)/t14-/m1/s1. The molecule has 6 rings (SSSR count). The zero-order chi connectivity index (χ0) is 21.8. The number of aryl methyl sites for hydroxylation is 2. The summed E-state index contributed by atoms with van der Waals surface area (Å²) in [4.78, 5) is 20.2. The van der Waals surface area contributed by atoms with Crippen molar-refractivity contribution in [3.8, 4) is 22.6 Å². The summed E-state index contributed by atoms with van der Waals surface area (Å²) in [6.07, 6.45) is 5.61. The largest absolute Gasteiger partial charge is 0.377 e. The van der Waals surface area contributed by atoms with Crippen LogP contribution in [0.4, 0.5) is 5.82 Å². The summed E-state index contributed by atoms with van der Waals surface area (Å²) < 4.78 is 8.72. The molecular formula is C23H23N7OS. The number of aromatic nitrogens is 6. The molecule has 5 aromatic rings. The van der Waals surface area contributed by atoms with E-state index in [0.29, 0.717) is 19.0 Å². The number of H-pyrrole nitrogens is 1. The molecule has 0 aromatic carbocycles. The van der Waals surface area contributed by atoms with E-state index in [2.05, 4.69) is 39.2 Å². The van der Waals surface area contributed by atoms with Gasteiger partial charge in [0, 0.05) is 47.9 Å². The minimum absolute atomic E-state index is 0.239. The number of ether oxygens (including phenoxy) is 1. The first-order chi connectivity index (χ1) is 15.6. The van der Waals surface area contributed by atoms with Crippen LogP contribution in [-0.2, 0) is 11.8 Å². The summed E-state index contributed by atoms with van der Waals surface area (Å²) in [6, 6.07) is 4.26. The van der Waals surface area contributed by atoms with Gasteiger partial charge < -0.3 is 14.6 Å². The molecular weight excluding hydrogens is 422 g/mol. The van der Waals surface area contributed by atoms with Gasteiger partial charge in [0.05, 0.1) is 41.4 Å². The van der Waals surface area contributed by atoms with Gasteiger partial charge in [0.15, 0.2) is 11.6 Å². The van der Waals surface area contributed by atoms with Crippen LogP contribution in [-0.4, -0.2) is 55.5 Å². The van der Waals surface area contributed by atoms with Gasteiger partial charge in [-0.15, -0.1) is 11.3 Å². The second-order valence-electron chi connectivity index (χ2n) is 8.21. The molecule has 32 heavy (non-hydrogen) atoms. The Labute approximate surface area is 188 Å². The predicted molar refractivity (Wildman–Crippen MR) is 127 cm³/mol. The van der Waals surface area contributed by atoms with Crippen LogP contribution in [0.25, 0.3) is 43.9 Å². The maximum atomic E-state index is 5.70. The van der Waals surface area contributed by atoms with Crippen molar-refractivity contribution in [2.24, 2.45) is 7.05 Å². The summed E-state index contributed by atoms with van der Waals surface area (Å²) in [5.74, 6) is 1.68. The normalized spacial score (nSPS) is 17.0. The van der Waals surface area contributed by atoms with E-state index >= 15 is 0 Å². The number of aromatic amines is 1. The van der Waals surface area contributed by atoms with Crippen LogP contribution in [0.5, 0.6) is 0 Å². The van der Waals surface area contributed by atoms with Crippen molar-refractivity contribution >= 4 is 38.4 Å². The number of thiophene rings is 1. The first-order valence-electron chi connectivity index (χ1n) is 10.7. The van der Waals surface area contributed by atoms with Gasteiger partial charge in [-0.3, -0.25) is 4.68 Å². The van der Waals surface area contributed by atoms with Gasteiger partial charge in [0.1, 0.15) is 5.65 Å². The van der Waals surface area contributed by atoms with Gasteiger partial charge in [-0.2, -0.15) is 5.10 Å². The molecule has 162 valence electrons. The van der Waals surface area contributed by atoms with Crippen LogP contribution < -0.4 is 4.90 Å². The second-order valence-corrected chi connectivity index (χ2v) is 9.09. The maximum Gasteiger partial charge on any atom is 0.163 e. The van der Waals surface area contributed by atoms with E-state index in [1.807, 2.05) is 36.3 Å². The van der Waals surface area contributed by atoms with Crippen molar-refractivity contribution in [3.63, 3.8) is 0 Å². The number of anilines is 1. The lowest BCUT2D eigenvalue weighted by molar-refractivity contribution is 0.0987. The highest BCUT2D eigenvalue weighted by molar-refractivity contribution is 7.18. The van der Waals surface area contributed by atoms with E-state index in [0.717, 1.165) is 56.0 Å². The third kappa shape index (κ3) is 2.92. The van der Waals surface area contributed by atoms with Crippen molar-refractivity contribution in [3.05, 3.63) is 41.7 Å². The third-order valence-electron chi connectivity index (χ3n) is 6.12. The molecule has 0 amide bonds. The Kier molecular flexibility index (Phi) is 4.48. The fraction of sp³-hybridized carbons (Fsp3) is 0.304. The van der Waals surface area contributed by atoms with Crippen molar-refractivity contribution in [1.29, 1.82) is 0 Å². The van der Waals surface area contributed by atoms with E-state index < -0.39 is 0 Å². The molecule has 1 fully saturated rings. The van der Waals surface area contributed by atoms with E-state index in [1.54, 1.807) is 17.5 Å². The maximum absolute atomic E-state index is 5.70. The summed E-state index contributed by atoms with van der Waals surface area (Å²) in [5, 5.41) is 7.65. The molecule has 1 saturated heterocycles. The lowest BCUT2D eigenvalue weighted by atomic mass is 10.1. The Balaban J connectivity index is 1.65. The zero-order valence-electron chi connectivity index (χ0n) is 18.2. The van der Waals surface area contributed by atoms with Gasteiger partial charge >= 0.3 is 0 Å². The molecule has 0 saturated carbocycles. The van der Waals surface area contributed by atoms with Crippen molar-refractivity contribution in [1.82, 2.24) is 29.7 Å². The molecule has 1 N–H and O–H groups in total. The molecule has 5 aromatic heterocycles. The van der Waals surface area contributed by atoms with Crippen LogP contribution in [0.15, 0.2) is 36.1 Å². The second kappa shape index (κ2) is 7.39. The van der Waals surface area contributed by atoms with Gasteiger partial charge in [0.25, 0.3) is 0 Å². The monoisotopic (exact) mass is 445 g/mol. The Bertz CT molecular complexity index is 1430. The van der Waals surface area contributed by atoms with E-state index in [9.17, 15) is 0 Å². The number of rotatable bonds is 3. The average molecular weight is 446 g/mol. The fourth-order valence-electron chi connectivity index (χ4n) is 4.52. The molecule has 0 aliphatic carbocycles. The van der Waals surface area contributed by atoms with Crippen LogP contribution in [0, 0.1) is 6.92 Å². The number of hydrogen-bond donors (Lipinski definition) is 1. The highest BCUT2D eigenvalue weighted by Crippen LogP contribution is 2.40. The molecule has 8 nitrogen and oxygen atoms in total. The van der Waals surface area contributed by atoms with Crippen LogP contribution in [0.1, 0.15) is 12.5 Å². The van der Waals surface area contributed by atoms with E-state index in [-0.39, 0.29) is 6.04 Å². The van der Waals surface area contributed by atoms with Crippen molar-refractivity contribution < 1.29 is 4.74 Å². The summed E-state index contributed by atoms with van der Waals surface area (Å²) in [5.41, 5.74) is 6.07. The van der Waals surface area contributed by atoms with Crippen LogP contribution in [0.3, 0.4) is 0 Å². The molecule has 1 aliphatic rings. The molecule has 1 aliphatic heterocycles. The zero-order valence-corrected chi connectivity index (χ0v) is 19.0. The number of morpholine rings is 1. The lowest BCUT2D eigenvalue weighted by Gasteiger charge is -2.34. The summed E-state index contributed by atoms with van der Waals surface area (Å²) >= 11 is 1.69. The smallest absolute Gasteiger partial charge is 0.163 e. The summed E-state index contributed by atoms with van der Waals surface area (Å²) in [7, 11) is 1.98. The van der Waals surface area contributed by atoms with Gasteiger partial charge in [-0.25, -0.2) is 15.0 Å². The molecule has 1 atom stereocenters.